The van der Waals surface area contributed by atoms with Gasteiger partial charge in [0, 0.05) is 12.5 Å². The zero-order valence-corrected chi connectivity index (χ0v) is 14.7. The SMILES string of the molecule is CC(NC1CCN(CC(F)(F)F)CC1)c1nc(Cc2ccccc2)no1. The quantitative estimate of drug-likeness (QED) is 0.848. The third kappa shape index (κ3) is 5.54. The van der Waals surface area contributed by atoms with Gasteiger partial charge in [-0.2, -0.15) is 18.2 Å². The van der Waals surface area contributed by atoms with E-state index in [1.807, 2.05) is 37.3 Å². The van der Waals surface area contributed by atoms with Gasteiger partial charge in [-0.3, -0.25) is 4.90 Å². The second-order valence-electron chi connectivity index (χ2n) is 6.77. The van der Waals surface area contributed by atoms with Gasteiger partial charge in [-0.25, -0.2) is 0 Å². The Balaban J connectivity index is 1.48. The number of nitrogens with one attached hydrogen (secondary N) is 1. The van der Waals surface area contributed by atoms with Crippen LogP contribution in [0.3, 0.4) is 0 Å². The monoisotopic (exact) mass is 368 g/mol. The molecule has 0 saturated carbocycles. The van der Waals surface area contributed by atoms with Crippen molar-refractivity contribution in [3.8, 4) is 0 Å². The largest absolute Gasteiger partial charge is 0.401 e. The molecule has 1 aromatic heterocycles. The van der Waals surface area contributed by atoms with E-state index in [1.54, 1.807) is 0 Å². The average Bonchev–Trinajstić information content (AvgIpc) is 3.05. The first-order valence-corrected chi connectivity index (χ1v) is 8.80. The zero-order valence-electron chi connectivity index (χ0n) is 14.7. The van der Waals surface area contributed by atoms with Crippen LogP contribution in [-0.4, -0.2) is 46.9 Å². The summed E-state index contributed by atoms with van der Waals surface area (Å²) in [6, 6.07) is 9.91. The summed E-state index contributed by atoms with van der Waals surface area (Å²) in [6.07, 6.45) is -2.18. The lowest BCUT2D eigenvalue weighted by Crippen LogP contribution is -2.46. The Kier molecular flexibility index (Phi) is 5.93. The van der Waals surface area contributed by atoms with E-state index in [-0.39, 0.29) is 12.1 Å². The van der Waals surface area contributed by atoms with Gasteiger partial charge in [0.15, 0.2) is 5.82 Å². The van der Waals surface area contributed by atoms with Crippen LogP contribution in [-0.2, 0) is 6.42 Å². The highest BCUT2D eigenvalue weighted by molar-refractivity contribution is 5.18. The minimum absolute atomic E-state index is 0.133. The highest BCUT2D eigenvalue weighted by Gasteiger charge is 2.32. The third-order valence-corrected chi connectivity index (χ3v) is 4.54. The first kappa shape index (κ1) is 18.8. The van der Waals surface area contributed by atoms with Crippen molar-refractivity contribution in [1.82, 2.24) is 20.4 Å². The van der Waals surface area contributed by atoms with Crippen LogP contribution in [0, 0.1) is 0 Å². The lowest BCUT2D eigenvalue weighted by atomic mass is 10.0. The van der Waals surface area contributed by atoms with Gasteiger partial charge in [0.1, 0.15) is 0 Å². The van der Waals surface area contributed by atoms with Crippen molar-refractivity contribution < 1.29 is 17.7 Å². The number of hydrogen-bond acceptors (Lipinski definition) is 5. The van der Waals surface area contributed by atoms with Gasteiger partial charge < -0.3 is 9.84 Å². The van der Waals surface area contributed by atoms with Crippen LogP contribution in [0.4, 0.5) is 13.2 Å². The fraction of sp³-hybridized carbons (Fsp3) is 0.556. The fourth-order valence-electron chi connectivity index (χ4n) is 3.23. The van der Waals surface area contributed by atoms with Gasteiger partial charge in [-0.05, 0) is 38.4 Å². The first-order valence-electron chi connectivity index (χ1n) is 8.80. The van der Waals surface area contributed by atoms with Crippen molar-refractivity contribution in [2.24, 2.45) is 0 Å². The molecule has 0 aliphatic carbocycles. The molecule has 0 spiro atoms. The van der Waals surface area contributed by atoms with Gasteiger partial charge >= 0.3 is 6.18 Å². The Bertz CT molecular complexity index is 681. The highest BCUT2D eigenvalue weighted by atomic mass is 19.4. The predicted octanol–water partition coefficient (Wildman–Crippen LogP) is 3.34. The van der Waals surface area contributed by atoms with Crippen LogP contribution in [0.25, 0.3) is 0 Å². The Labute approximate surface area is 150 Å². The second-order valence-corrected chi connectivity index (χ2v) is 6.77. The molecule has 3 rings (SSSR count). The Hall–Kier alpha value is -1.93. The van der Waals surface area contributed by atoms with Crippen LogP contribution in [0.5, 0.6) is 0 Å². The molecule has 26 heavy (non-hydrogen) atoms. The number of hydrogen-bond donors (Lipinski definition) is 1. The number of likely N-dealkylation sites (tertiary alicyclic amines) is 1. The van der Waals surface area contributed by atoms with Crippen molar-refractivity contribution in [3.63, 3.8) is 0 Å². The number of halogens is 3. The van der Waals surface area contributed by atoms with Crippen LogP contribution in [0.2, 0.25) is 0 Å². The number of alkyl halides is 3. The molecule has 2 aromatic rings. The zero-order chi connectivity index (χ0) is 18.6. The van der Waals surface area contributed by atoms with Crippen molar-refractivity contribution in [2.75, 3.05) is 19.6 Å². The smallest absolute Gasteiger partial charge is 0.338 e. The molecule has 1 aliphatic rings. The molecule has 1 fully saturated rings. The van der Waals surface area contributed by atoms with Crippen LogP contribution >= 0.6 is 0 Å². The molecule has 1 saturated heterocycles. The standard InChI is InChI=1S/C18H23F3N4O/c1-13(22-15-7-9-25(10-8-15)12-18(19,20)21)17-23-16(24-26-17)11-14-5-3-2-4-6-14/h2-6,13,15,22H,7-12H2,1H3. The Morgan fingerprint density at radius 2 is 1.92 bits per heavy atom. The molecule has 0 bridgehead atoms. The third-order valence-electron chi connectivity index (χ3n) is 4.54. The lowest BCUT2D eigenvalue weighted by molar-refractivity contribution is -0.148. The maximum Gasteiger partial charge on any atom is 0.401 e. The summed E-state index contributed by atoms with van der Waals surface area (Å²) < 4.78 is 42.7. The minimum atomic E-state index is -4.13. The molecule has 1 aliphatic heterocycles. The van der Waals surface area contributed by atoms with Crippen molar-refractivity contribution in [1.29, 1.82) is 0 Å². The van der Waals surface area contributed by atoms with E-state index in [4.69, 9.17) is 4.52 Å². The summed E-state index contributed by atoms with van der Waals surface area (Å²) >= 11 is 0. The van der Waals surface area contributed by atoms with Crippen LogP contribution < -0.4 is 5.32 Å². The number of benzene rings is 1. The second kappa shape index (κ2) is 8.18. The summed E-state index contributed by atoms with van der Waals surface area (Å²) in [4.78, 5) is 5.89. The minimum Gasteiger partial charge on any atom is -0.338 e. The molecule has 0 amide bonds. The molecule has 1 unspecified atom stereocenters. The molecule has 2 heterocycles. The summed E-state index contributed by atoms with van der Waals surface area (Å²) in [7, 11) is 0. The molecule has 8 heteroatoms. The van der Waals surface area contributed by atoms with Gasteiger partial charge in [0.05, 0.1) is 12.6 Å². The van der Waals surface area contributed by atoms with Gasteiger partial charge in [-0.15, -0.1) is 0 Å². The average molecular weight is 368 g/mol. The van der Waals surface area contributed by atoms with Crippen LogP contribution in [0.15, 0.2) is 34.9 Å². The van der Waals surface area contributed by atoms with Crippen molar-refractivity contribution in [3.05, 3.63) is 47.6 Å². The van der Waals surface area contributed by atoms with E-state index in [0.717, 1.165) is 5.56 Å². The van der Waals surface area contributed by atoms with E-state index in [0.29, 0.717) is 44.1 Å². The Morgan fingerprint density at radius 1 is 1.23 bits per heavy atom. The van der Waals surface area contributed by atoms with Crippen molar-refractivity contribution >= 4 is 0 Å². The summed E-state index contributed by atoms with van der Waals surface area (Å²) in [5, 5.41) is 7.41. The number of rotatable bonds is 6. The number of piperidine rings is 1. The first-order chi connectivity index (χ1) is 12.4. The summed E-state index contributed by atoms with van der Waals surface area (Å²) in [5.41, 5.74) is 1.11. The predicted molar refractivity (Wildman–Crippen MR) is 90.6 cm³/mol. The molecule has 1 aromatic carbocycles. The van der Waals surface area contributed by atoms with E-state index in [1.165, 1.54) is 4.90 Å². The van der Waals surface area contributed by atoms with Gasteiger partial charge in [-0.1, -0.05) is 35.5 Å². The van der Waals surface area contributed by atoms with Gasteiger partial charge in [0.2, 0.25) is 5.89 Å². The number of nitrogens with zero attached hydrogens (tertiary/aromatic N) is 3. The fourth-order valence-corrected chi connectivity index (χ4v) is 3.23. The van der Waals surface area contributed by atoms with E-state index in [9.17, 15) is 13.2 Å². The van der Waals surface area contributed by atoms with Crippen molar-refractivity contribution in [2.45, 2.75) is 44.4 Å². The molecule has 0 radical (unpaired) electrons. The lowest BCUT2D eigenvalue weighted by Gasteiger charge is -2.33. The topological polar surface area (TPSA) is 54.2 Å². The summed E-state index contributed by atoms with van der Waals surface area (Å²) in [5.74, 6) is 1.13. The Morgan fingerprint density at radius 3 is 2.58 bits per heavy atom. The number of aromatic nitrogens is 2. The molecule has 142 valence electrons. The normalized spacial score (nSPS) is 18.2. The molecule has 1 N–H and O–H groups in total. The van der Waals surface area contributed by atoms with E-state index in [2.05, 4.69) is 15.5 Å². The summed E-state index contributed by atoms with van der Waals surface area (Å²) in [6.45, 7) is 1.98. The molecule has 5 nitrogen and oxygen atoms in total. The maximum atomic E-state index is 12.4. The maximum absolute atomic E-state index is 12.4. The molecular formula is C18H23F3N4O. The van der Waals surface area contributed by atoms with E-state index >= 15 is 0 Å². The van der Waals surface area contributed by atoms with Crippen LogP contribution in [0.1, 0.15) is 43.1 Å². The highest BCUT2D eigenvalue weighted by Crippen LogP contribution is 2.21. The van der Waals surface area contributed by atoms with Gasteiger partial charge in [0.25, 0.3) is 0 Å². The molecule has 1 atom stereocenters. The van der Waals surface area contributed by atoms with E-state index < -0.39 is 12.7 Å². The molecular weight excluding hydrogens is 345 g/mol.